The monoisotopic (exact) mass is 344 g/mol. The second kappa shape index (κ2) is 5.83. The van der Waals surface area contributed by atoms with Crippen LogP contribution >= 0.6 is 11.3 Å². The first-order chi connectivity index (χ1) is 11.6. The molecule has 0 fully saturated rings. The molecule has 0 bridgehead atoms. The van der Waals surface area contributed by atoms with E-state index in [2.05, 4.69) is 9.97 Å². The predicted octanol–water partition coefficient (Wildman–Crippen LogP) is 2.97. The summed E-state index contributed by atoms with van der Waals surface area (Å²) in [4.78, 5) is 33.2. The molecule has 0 saturated heterocycles. The van der Waals surface area contributed by atoms with Crippen LogP contribution in [0, 0.1) is 5.82 Å². The van der Waals surface area contributed by atoms with Crippen molar-refractivity contribution in [3.8, 4) is 0 Å². The molecule has 0 spiro atoms. The van der Waals surface area contributed by atoms with Crippen LogP contribution in [-0.2, 0) is 24.2 Å². The number of hydrogen-bond acceptors (Lipinski definition) is 5. The number of esters is 1. The fourth-order valence-electron chi connectivity index (χ4n) is 2.95. The van der Waals surface area contributed by atoms with Crippen molar-refractivity contribution in [2.24, 2.45) is 0 Å². The number of benzene rings is 1. The molecule has 24 heavy (non-hydrogen) atoms. The lowest BCUT2D eigenvalue weighted by molar-refractivity contribution is 0.0462. The largest absolute Gasteiger partial charge is 0.454 e. The van der Waals surface area contributed by atoms with Gasteiger partial charge < -0.3 is 9.72 Å². The van der Waals surface area contributed by atoms with E-state index in [1.165, 1.54) is 34.4 Å². The van der Waals surface area contributed by atoms with E-state index >= 15 is 0 Å². The average molecular weight is 344 g/mol. The third-order valence-electron chi connectivity index (χ3n) is 4.02. The molecule has 122 valence electrons. The van der Waals surface area contributed by atoms with Crippen LogP contribution in [0.25, 0.3) is 10.2 Å². The van der Waals surface area contributed by atoms with Crippen molar-refractivity contribution in [1.82, 2.24) is 9.97 Å². The second-order valence-corrected chi connectivity index (χ2v) is 6.72. The molecule has 2 aromatic heterocycles. The maximum absolute atomic E-state index is 13.1. The Morgan fingerprint density at radius 1 is 1.38 bits per heavy atom. The van der Waals surface area contributed by atoms with Gasteiger partial charge in [-0.25, -0.2) is 14.2 Å². The number of hydrogen-bond donors (Lipinski definition) is 1. The number of carbonyl (C=O) groups is 1. The van der Waals surface area contributed by atoms with Crippen LogP contribution in [0.2, 0.25) is 0 Å². The van der Waals surface area contributed by atoms with E-state index in [0.717, 1.165) is 30.9 Å². The van der Waals surface area contributed by atoms with E-state index in [1.807, 2.05) is 0 Å². The Morgan fingerprint density at radius 3 is 3.08 bits per heavy atom. The van der Waals surface area contributed by atoms with Gasteiger partial charge in [0.2, 0.25) is 0 Å². The van der Waals surface area contributed by atoms with Gasteiger partial charge in [-0.2, -0.15) is 0 Å². The molecule has 0 unspecified atom stereocenters. The zero-order valence-corrected chi connectivity index (χ0v) is 13.4. The van der Waals surface area contributed by atoms with Crippen molar-refractivity contribution in [1.29, 1.82) is 0 Å². The minimum Gasteiger partial charge on any atom is -0.454 e. The van der Waals surface area contributed by atoms with Crippen molar-refractivity contribution >= 4 is 27.5 Å². The van der Waals surface area contributed by atoms with Crippen LogP contribution in [0.15, 0.2) is 29.1 Å². The van der Waals surface area contributed by atoms with Crippen LogP contribution < -0.4 is 5.56 Å². The molecule has 5 nitrogen and oxygen atoms in total. The number of aryl methyl sites for hydroxylation is 2. The van der Waals surface area contributed by atoms with Crippen molar-refractivity contribution in [3.63, 3.8) is 0 Å². The third-order valence-corrected chi connectivity index (χ3v) is 5.21. The number of aromatic nitrogens is 2. The van der Waals surface area contributed by atoms with E-state index in [1.54, 1.807) is 0 Å². The van der Waals surface area contributed by atoms with E-state index in [-0.39, 0.29) is 23.6 Å². The fourth-order valence-corrected chi connectivity index (χ4v) is 4.23. The molecule has 1 N–H and O–H groups in total. The fraction of sp³-hybridized carbons (Fsp3) is 0.235. The van der Waals surface area contributed by atoms with Crippen LogP contribution in [0.3, 0.4) is 0 Å². The molecule has 2 heterocycles. The summed E-state index contributed by atoms with van der Waals surface area (Å²) >= 11 is 1.53. The van der Waals surface area contributed by atoms with Gasteiger partial charge in [0.15, 0.2) is 0 Å². The third kappa shape index (κ3) is 2.60. The summed E-state index contributed by atoms with van der Waals surface area (Å²) in [5, 5.41) is 0.660. The molecule has 0 atom stereocenters. The average Bonchev–Trinajstić information content (AvgIpc) is 3.13. The highest BCUT2D eigenvalue weighted by atomic mass is 32.1. The number of nitrogens with zero attached hydrogens (tertiary/aromatic N) is 1. The molecule has 1 aliphatic carbocycles. The van der Waals surface area contributed by atoms with Gasteiger partial charge in [0.05, 0.1) is 10.9 Å². The number of thiophene rings is 1. The normalized spacial score (nSPS) is 13.2. The van der Waals surface area contributed by atoms with E-state index < -0.39 is 11.8 Å². The molecule has 0 amide bonds. The number of aromatic amines is 1. The molecule has 1 aromatic carbocycles. The lowest BCUT2D eigenvalue weighted by Crippen LogP contribution is -2.14. The minimum atomic E-state index is -0.661. The van der Waals surface area contributed by atoms with E-state index in [9.17, 15) is 14.0 Å². The molecule has 4 rings (SSSR count). The standard InChI is InChI=1S/C17H13FN2O3S/c18-10-4-1-3-9(7-10)17(22)23-8-13-19-15(21)14-11-5-2-6-12(11)24-16(14)20-13/h1,3-4,7H,2,5-6,8H2,(H,19,20,21). The predicted molar refractivity (Wildman–Crippen MR) is 87.8 cm³/mol. The Bertz CT molecular complexity index is 1010. The van der Waals surface area contributed by atoms with Gasteiger partial charge in [0.1, 0.15) is 23.1 Å². The molecular formula is C17H13FN2O3S. The van der Waals surface area contributed by atoms with Gasteiger partial charge in [-0.15, -0.1) is 11.3 Å². The topological polar surface area (TPSA) is 72.0 Å². The van der Waals surface area contributed by atoms with Gasteiger partial charge in [-0.3, -0.25) is 4.79 Å². The summed E-state index contributed by atoms with van der Waals surface area (Å²) in [6.07, 6.45) is 2.97. The molecule has 3 aromatic rings. The Balaban J connectivity index is 1.57. The summed E-state index contributed by atoms with van der Waals surface area (Å²) < 4.78 is 18.2. The number of ether oxygens (including phenoxy) is 1. The molecule has 0 saturated carbocycles. The van der Waals surface area contributed by atoms with Crippen molar-refractivity contribution < 1.29 is 13.9 Å². The van der Waals surface area contributed by atoms with Crippen LogP contribution in [0.4, 0.5) is 4.39 Å². The van der Waals surface area contributed by atoms with Gasteiger partial charge >= 0.3 is 5.97 Å². The van der Waals surface area contributed by atoms with Gasteiger partial charge in [-0.1, -0.05) is 6.07 Å². The summed E-state index contributed by atoms with van der Waals surface area (Å²) in [5.41, 5.74) is 1.02. The number of rotatable bonds is 3. The Hall–Kier alpha value is -2.54. The maximum Gasteiger partial charge on any atom is 0.338 e. The first-order valence-electron chi connectivity index (χ1n) is 7.58. The van der Waals surface area contributed by atoms with Crippen LogP contribution in [0.5, 0.6) is 0 Å². The molecule has 1 aliphatic rings. The second-order valence-electron chi connectivity index (χ2n) is 5.64. The van der Waals surface area contributed by atoms with Crippen molar-refractivity contribution in [2.75, 3.05) is 0 Å². The Labute approximate surface area is 140 Å². The number of H-pyrrole nitrogens is 1. The molecule has 0 aliphatic heterocycles. The van der Waals surface area contributed by atoms with Crippen molar-refractivity contribution in [3.05, 3.63) is 62.3 Å². The maximum atomic E-state index is 13.1. The van der Waals surface area contributed by atoms with Crippen LogP contribution in [-0.4, -0.2) is 15.9 Å². The highest BCUT2D eigenvalue weighted by Gasteiger charge is 2.21. The minimum absolute atomic E-state index is 0.119. The highest BCUT2D eigenvalue weighted by molar-refractivity contribution is 7.18. The molecular weight excluding hydrogens is 331 g/mol. The Morgan fingerprint density at radius 2 is 2.25 bits per heavy atom. The van der Waals surface area contributed by atoms with Gasteiger partial charge in [-0.05, 0) is 43.0 Å². The Kier molecular flexibility index (Phi) is 3.65. The van der Waals surface area contributed by atoms with Crippen molar-refractivity contribution in [2.45, 2.75) is 25.9 Å². The quantitative estimate of drug-likeness (QED) is 0.742. The SMILES string of the molecule is O=C(OCc1nc2sc3c(c2c(=O)[nH]1)CCC3)c1cccc(F)c1. The number of carbonyl (C=O) groups excluding carboxylic acids is 1. The number of fused-ring (bicyclic) bond motifs is 3. The smallest absolute Gasteiger partial charge is 0.338 e. The van der Waals surface area contributed by atoms with Gasteiger partial charge in [0, 0.05) is 4.88 Å². The zero-order chi connectivity index (χ0) is 16.7. The summed E-state index contributed by atoms with van der Waals surface area (Å²) in [6.45, 7) is -0.164. The van der Waals surface area contributed by atoms with E-state index in [4.69, 9.17) is 4.74 Å². The van der Waals surface area contributed by atoms with E-state index in [0.29, 0.717) is 10.2 Å². The number of halogens is 1. The summed E-state index contributed by atoms with van der Waals surface area (Å²) in [7, 11) is 0. The molecule has 0 radical (unpaired) electrons. The zero-order valence-electron chi connectivity index (χ0n) is 12.6. The summed E-state index contributed by atoms with van der Waals surface area (Å²) in [6, 6.07) is 5.26. The first kappa shape index (κ1) is 15.0. The van der Waals surface area contributed by atoms with Gasteiger partial charge in [0.25, 0.3) is 5.56 Å². The number of nitrogens with one attached hydrogen (secondary N) is 1. The lowest BCUT2D eigenvalue weighted by atomic mass is 10.2. The lowest BCUT2D eigenvalue weighted by Gasteiger charge is -2.05. The highest BCUT2D eigenvalue weighted by Crippen LogP contribution is 2.34. The van der Waals surface area contributed by atoms with Crippen LogP contribution in [0.1, 0.15) is 33.0 Å². The first-order valence-corrected chi connectivity index (χ1v) is 8.39. The molecule has 7 heteroatoms. The summed E-state index contributed by atoms with van der Waals surface area (Å²) in [5.74, 6) is -0.881.